The van der Waals surface area contributed by atoms with Crippen molar-refractivity contribution in [2.75, 3.05) is 5.32 Å². The zero-order valence-corrected chi connectivity index (χ0v) is 13.1. The Labute approximate surface area is 135 Å². The molecule has 1 amide bonds. The van der Waals surface area contributed by atoms with E-state index in [1.165, 1.54) is 12.0 Å². The predicted molar refractivity (Wildman–Crippen MR) is 91.3 cm³/mol. The highest BCUT2D eigenvalue weighted by molar-refractivity contribution is 5.93. The molecule has 0 saturated heterocycles. The topological polar surface area (TPSA) is 46.4 Å². The molecule has 2 heterocycles. The third-order valence-corrected chi connectivity index (χ3v) is 4.52. The van der Waals surface area contributed by atoms with Crippen molar-refractivity contribution in [1.29, 1.82) is 0 Å². The lowest BCUT2D eigenvalue weighted by Crippen LogP contribution is -2.27. The molecule has 1 fully saturated rings. The fraction of sp³-hybridized carbons (Fsp3) is 0.263. The lowest BCUT2D eigenvalue weighted by atomic mass is 9.85. The molecule has 1 aromatic carbocycles. The van der Waals surface area contributed by atoms with Gasteiger partial charge in [-0.1, -0.05) is 18.6 Å². The molecule has 3 aromatic rings. The molecule has 0 radical (unpaired) electrons. The number of nitrogens with zero attached hydrogens (tertiary/aromatic N) is 2. The maximum Gasteiger partial charge on any atom is 0.227 e. The van der Waals surface area contributed by atoms with Crippen LogP contribution in [0.25, 0.3) is 16.9 Å². The van der Waals surface area contributed by atoms with Gasteiger partial charge in [-0.2, -0.15) is 0 Å². The number of carbonyl (C=O) groups is 1. The van der Waals surface area contributed by atoms with Gasteiger partial charge in [-0.3, -0.25) is 4.79 Å². The van der Waals surface area contributed by atoms with Crippen LogP contribution in [0.1, 0.15) is 24.8 Å². The molecular formula is C19H19N3O. The summed E-state index contributed by atoms with van der Waals surface area (Å²) in [4.78, 5) is 16.8. The fourth-order valence-corrected chi connectivity index (χ4v) is 2.89. The summed E-state index contributed by atoms with van der Waals surface area (Å²) in [6.45, 7) is 2.06. The molecule has 0 unspecified atom stereocenters. The van der Waals surface area contributed by atoms with Crippen molar-refractivity contribution in [2.45, 2.75) is 26.2 Å². The molecule has 116 valence electrons. The monoisotopic (exact) mass is 305 g/mol. The second-order valence-corrected chi connectivity index (χ2v) is 6.29. The van der Waals surface area contributed by atoms with Crippen molar-refractivity contribution in [2.24, 2.45) is 5.92 Å². The summed E-state index contributed by atoms with van der Waals surface area (Å²) in [6, 6.07) is 12.0. The normalized spacial score (nSPS) is 14.7. The van der Waals surface area contributed by atoms with E-state index in [0.717, 1.165) is 35.4 Å². The minimum atomic E-state index is 0.138. The molecule has 2 aromatic heterocycles. The van der Waals surface area contributed by atoms with Gasteiger partial charge in [0.15, 0.2) is 0 Å². The molecule has 23 heavy (non-hydrogen) atoms. The Morgan fingerprint density at radius 2 is 2.13 bits per heavy atom. The quantitative estimate of drug-likeness (QED) is 0.793. The van der Waals surface area contributed by atoms with Gasteiger partial charge in [-0.05, 0) is 49.6 Å². The van der Waals surface area contributed by atoms with Crippen molar-refractivity contribution in [1.82, 2.24) is 9.38 Å². The number of pyridine rings is 1. The summed E-state index contributed by atoms with van der Waals surface area (Å²) in [5, 5.41) is 3.02. The standard InChI is InChI=1S/C19H19N3O/c1-13-8-9-22-12-17(21-18(22)10-13)15-6-3-7-16(11-15)20-19(23)14-4-2-5-14/h3,6-12,14H,2,4-5H2,1H3,(H,20,23). The summed E-state index contributed by atoms with van der Waals surface area (Å²) in [6.07, 6.45) is 7.22. The fourth-order valence-electron chi connectivity index (χ4n) is 2.89. The molecule has 0 atom stereocenters. The van der Waals surface area contributed by atoms with Crippen LogP contribution in [0.3, 0.4) is 0 Å². The zero-order valence-electron chi connectivity index (χ0n) is 13.1. The lowest BCUT2D eigenvalue weighted by molar-refractivity contribution is -0.122. The molecule has 0 bridgehead atoms. The summed E-state index contributed by atoms with van der Waals surface area (Å²) in [7, 11) is 0. The summed E-state index contributed by atoms with van der Waals surface area (Å²) in [5.41, 5.74) is 4.89. The maximum atomic E-state index is 12.1. The minimum Gasteiger partial charge on any atom is -0.326 e. The number of nitrogens with one attached hydrogen (secondary N) is 1. The third-order valence-electron chi connectivity index (χ3n) is 4.52. The highest BCUT2D eigenvalue weighted by atomic mass is 16.1. The highest BCUT2D eigenvalue weighted by Crippen LogP contribution is 2.28. The van der Waals surface area contributed by atoms with Crippen LogP contribution >= 0.6 is 0 Å². The number of amides is 1. The Hall–Kier alpha value is -2.62. The van der Waals surface area contributed by atoms with E-state index < -0.39 is 0 Å². The Balaban J connectivity index is 1.62. The van der Waals surface area contributed by atoms with Crippen molar-refractivity contribution >= 4 is 17.2 Å². The molecule has 1 saturated carbocycles. The second-order valence-electron chi connectivity index (χ2n) is 6.29. The zero-order chi connectivity index (χ0) is 15.8. The molecular weight excluding hydrogens is 286 g/mol. The van der Waals surface area contributed by atoms with E-state index in [0.29, 0.717) is 0 Å². The summed E-state index contributed by atoms with van der Waals surface area (Å²) < 4.78 is 2.02. The van der Waals surface area contributed by atoms with Crippen molar-refractivity contribution in [3.8, 4) is 11.3 Å². The third kappa shape index (κ3) is 2.72. The Morgan fingerprint density at radius 1 is 1.26 bits per heavy atom. The number of fused-ring (bicyclic) bond motifs is 1. The first-order chi connectivity index (χ1) is 11.2. The van der Waals surface area contributed by atoms with E-state index in [1.54, 1.807) is 0 Å². The molecule has 0 aliphatic heterocycles. The Morgan fingerprint density at radius 3 is 2.91 bits per heavy atom. The van der Waals surface area contributed by atoms with Crippen LogP contribution in [-0.2, 0) is 4.79 Å². The van der Waals surface area contributed by atoms with E-state index in [1.807, 2.05) is 41.1 Å². The van der Waals surface area contributed by atoms with Crippen LogP contribution in [0.4, 0.5) is 5.69 Å². The number of imidazole rings is 1. The summed E-state index contributed by atoms with van der Waals surface area (Å²) in [5.74, 6) is 0.329. The highest BCUT2D eigenvalue weighted by Gasteiger charge is 2.25. The van der Waals surface area contributed by atoms with Gasteiger partial charge in [-0.25, -0.2) is 4.98 Å². The molecule has 1 aliphatic rings. The molecule has 4 rings (SSSR count). The van der Waals surface area contributed by atoms with E-state index in [2.05, 4.69) is 29.4 Å². The number of aromatic nitrogens is 2. The van der Waals surface area contributed by atoms with Crippen LogP contribution in [0.5, 0.6) is 0 Å². The second kappa shape index (κ2) is 5.54. The largest absolute Gasteiger partial charge is 0.326 e. The number of anilines is 1. The predicted octanol–water partition coefficient (Wildman–Crippen LogP) is 4.05. The van der Waals surface area contributed by atoms with E-state index in [-0.39, 0.29) is 11.8 Å². The SMILES string of the molecule is Cc1ccn2cc(-c3cccc(NC(=O)C4CCC4)c3)nc2c1. The summed E-state index contributed by atoms with van der Waals surface area (Å²) >= 11 is 0. The average Bonchev–Trinajstić information content (AvgIpc) is 2.88. The van der Waals surface area contributed by atoms with Gasteiger partial charge in [0.2, 0.25) is 5.91 Å². The van der Waals surface area contributed by atoms with E-state index in [9.17, 15) is 4.79 Å². The van der Waals surface area contributed by atoms with Gasteiger partial charge in [0.1, 0.15) is 5.65 Å². The van der Waals surface area contributed by atoms with Crippen LogP contribution in [0.15, 0.2) is 48.8 Å². The number of benzene rings is 1. The molecule has 1 aliphatic carbocycles. The van der Waals surface area contributed by atoms with Gasteiger partial charge >= 0.3 is 0 Å². The van der Waals surface area contributed by atoms with Crippen molar-refractivity contribution in [3.63, 3.8) is 0 Å². The Kier molecular flexibility index (Phi) is 3.37. The first-order valence-electron chi connectivity index (χ1n) is 8.06. The number of carbonyl (C=O) groups excluding carboxylic acids is 1. The molecule has 1 N–H and O–H groups in total. The van der Waals surface area contributed by atoms with Crippen LogP contribution < -0.4 is 5.32 Å². The van der Waals surface area contributed by atoms with Gasteiger partial charge < -0.3 is 9.72 Å². The lowest BCUT2D eigenvalue weighted by Gasteiger charge is -2.24. The number of hydrogen-bond acceptors (Lipinski definition) is 2. The smallest absolute Gasteiger partial charge is 0.227 e. The first-order valence-corrected chi connectivity index (χ1v) is 8.06. The minimum absolute atomic E-state index is 0.138. The number of rotatable bonds is 3. The number of hydrogen-bond donors (Lipinski definition) is 1. The van der Waals surface area contributed by atoms with E-state index >= 15 is 0 Å². The van der Waals surface area contributed by atoms with Crippen molar-refractivity contribution in [3.05, 3.63) is 54.4 Å². The van der Waals surface area contributed by atoms with Crippen LogP contribution in [-0.4, -0.2) is 15.3 Å². The average molecular weight is 305 g/mol. The van der Waals surface area contributed by atoms with Gasteiger partial charge in [0.05, 0.1) is 5.69 Å². The van der Waals surface area contributed by atoms with Crippen molar-refractivity contribution < 1.29 is 4.79 Å². The van der Waals surface area contributed by atoms with Gasteiger partial charge in [0.25, 0.3) is 0 Å². The molecule has 0 spiro atoms. The van der Waals surface area contributed by atoms with E-state index in [4.69, 9.17) is 0 Å². The molecule has 4 heteroatoms. The maximum absolute atomic E-state index is 12.1. The van der Waals surface area contributed by atoms with Gasteiger partial charge in [-0.15, -0.1) is 0 Å². The van der Waals surface area contributed by atoms with Crippen LogP contribution in [0.2, 0.25) is 0 Å². The van der Waals surface area contributed by atoms with Gasteiger partial charge in [0, 0.05) is 29.6 Å². The number of aryl methyl sites for hydroxylation is 1. The Bertz CT molecular complexity index is 877. The van der Waals surface area contributed by atoms with Crippen LogP contribution in [0, 0.1) is 12.8 Å². The molecule has 4 nitrogen and oxygen atoms in total. The first kappa shape index (κ1) is 14.0.